The molecule has 0 saturated heterocycles. The summed E-state index contributed by atoms with van der Waals surface area (Å²) in [6.07, 6.45) is 5.06. The number of imide groups is 1. The Hall–Kier alpha value is -3.64. The Labute approximate surface area is 199 Å². The van der Waals surface area contributed by atoms with Crippen molar-refractivity contribution in [3.05, 3.63) is 30.6 Å². The number of fused-ring (bicyclic) bond motifs is 3. The normalized spacial score (nSPS) is 11.9. The lowest BCUT2D eigenvalue weighted by molar-refractivity contribution is 0.0429. The Morgan fingerprint density at radius 3 is 2.26 bits per heavy atom. The highest BCUT2D eigenvalue weighted by Gasteiger charge is 2.36. The van der Waals surface area contributed by atoms with Gasteiger partial charge in [0.25, 0.3) is 0 Å². The zero-order chi connectivity index (χ0) is 25.1. The fourth-order valence-corrected chi connectivity index (χ4v) is 3.25. The summed E-state index contributed by atoms with van der Waals surface area (Å²) in [5.41, 5.74) is -0.0648. The number of hydrogen-bond donors (Lipinski definition) is 0. The fourth-order valence-electron chi connectivity index (χ4n) is 3.25. The fraction of sp³-hybridized carbons (Fsp3) is 0.440. The molecule has 3 aromatic rings. The summed E-state index contributed by atoms with van der Waals surface area (Å²) in [6, 6.07) is 7.41. The number of para-hydroxylation sites is 1. The van der Waals surface area contributed by atoms with Crippen LogP contribution < -0.4 is 4.90 Å². The summed E-state index contributed by atoms with van der Waals surface area (Å²) in [7, 11) is 0. The van der Waals surface area contributed by atoms with Crippen LogP contribution >= 0.6 is 0 Å². The second kappa shape index (κ2) is 9.69. The molecule has 9 nitrogen and oxygen atoms in total. The highest BCUT2D eigenvalue weighted by molar-refractivity contribution is 6.16. The molecule has 0 unspecified atom stereocenters. The first-order valence-electron chi connectivity index (χ1n) is 10.9. The Kier molecular flexibility index (Phi) is 7.12. The molecule has 2 amide bonds. The molecule has 2 aromatic heterocycles. The van der Waals surface area contributed by atoms with Gasteiger partial charge in [0.15, 0.2) is 5.82 Å². The van der Waals surface area contributed by atoms with Crippen molar-refractivity contribution in [2.75, 3.05) is 18.1 Å². The molecule has 0 saturated carbocycles. The zero-order valence-corrected chi connectivity index (χ0v) is 20.4. The van der Waals surface area contributed by atoms with Crippen LogP contribution in [0, 0.1) is 12.3 Å². The average molecular weight is 467 g/mol. The van der Waals surface area contributed by atoms with E-state index in [1.54, 1.807) is 53.9 Å². The molecule has 0 N–H and O–H groups in total. The molecule has 9 heteroatoms. The van der Waals surface area contributed by atoms with Gasteiger partial charge in [-0.15, -0.1) is 6.42 Å². The molecule has 0 aliphatic carbocycles. The van der Waals surface area contributed by atoms with Gasteiger partial charge in [-0.1, -0.05) is 24.1 Å². The topological polar surface area (TPSA) is 95.8 Å². The van der Waals surface area contributed by atoms with Gasteiger partial charge in [-0.3, -0.25) is 0 Å². The van der Waals surface area contributed by atoms with Crippen molar-refractivity contribution < 1.29 is 23.8 Å². The van der Waals surface area contributed by atoms with Gasteiger partial charge < -0.3 is 18.8 Å². The number of ether oxygens (including phenoxy) is 3. The lowest BCUT2D eigenvalue weighted by Crippen LogP contribution is -2.44. The Bertz CT molecular complexity index is 1220. The van der Waals surface area contributed by atoms with Crippen LogP contribution in [0.2, 0.25) is 0 Å². The van der Waals surface area contributed by atoms with E-state index in [4.69, 9.17) is 20.6 Å². The van der Waals surface area contributed by atoms with Crippen molar-refractivity contribution in [3.8, 4) is 12.3 Å². The summed E-state index contributed by atoms with van der Waals surface area (Å²) in [6.45, 7) is 11.3. The van der Waals surface area contributed by atoms with E-state index in [1.165, 1.54) is 0 Å². The molecule has 0 aliphatic rings. The van der Waals surface area contributed by atoms with Crippen LogP contribution in [-0.2, 0) is 20.8 Å². The smallest absolute Gasteiger partial charge is 0.425 e. The molecule has 0 aliphatic heterocycles. The minimum Gasteiger partial charge on any atom is -0.443 e. The number of carbonyl (C=O) groups is 2. The molecule has 0 spiro atoms. The predicted octanol–water partition coefficient (Wildman–Crippen LogP) is 4.91. The van der Waals surface area contributed by atoms with E-state index in [9.17, 15) is 9.59 Å². The number of hydrogen-bond acceptors (Lipinski definition) is 7. The van der Waals surface area contributed by atoms with Crippen molar-refractivity contribution in [3.63, 3.8) is 0 Å². The largest absolute Gasteiger partial charge is 0.443 e. The molecule has 0 radical (unpaired) electrons. The molecule has 3 rings (SSSR count). The third-order valence-electron chi connectivity index (χ3n) is 4.46. The van der Waals surface area contributed by atoms with Gasteiger partial charge >= 0.3 is 12.2 Å². The second-order valence-corrected chi connectivity index (χ2v) is 9.64. The van der Waals surface area contributed by atoms with Crippen LogP contribution in [0.5, 0.6) is 0 Å². The van der Waals surface area contributed by atoms with Gasteiger partial charge in [0.05, 0.1) is 24.0 Å². The molecule has 34 heavy (non-hydrogen) atoms. The number of aromatic nitrogens is 3. The van der Waals surface area contributed by atoms with Crippen molar-refractivity contribution in [2.45, 2.75) is 59.3 Å². The molecule has 1 aromatic carbocycles. The van der Waals surface area contributed by atoms with Crippen LogP contribution in [0.3, 0.4) is 0 Å². The Morgan fingerprint density at radius 1 is 1.06 bits per heavy atom. The van der Waals surface area contributed by atoms with Crippen LogP contribution in [0.25, 0.3) is 21.9 Å². The molecule has 0 bridgehead atoms. The number of terminal acetylenes is 1. The minimum absolute atomic E-state index is 0.0282. The molecule has 0 fully saturated rings. The summed E-state index contributed by atoms with van der Waals surface area (Å²) in [5, 5.41) is 0.809. The maximum absolute atomic E-state index is 13.2. The van der Waals surface area contributed by atoms with Crippen molar-refractivity contribution >= 4 is 39.9 Å². The lowest BCUT2D eigenvalue weighted by Gasteiger charge is -2.28. The highest BCUT2D eigenvalue weighted by Crippen LogP contribution is 2.32. The van der Waals surface area contributed by atoms with Gasteiger partial charge in [-0.05, 0) is 47.6 Å². The molecule has 2 heterocycles. The number of rotatable bonds is 5. The maximum atomic E-state index is 13.2. The number of nitrogens with zero attached hydrogens (tertiary/aromatic N) is 4. The van der Waals surface area contributed by atoms with Crippen LogP contribution in [0.15, 0.2) is 30.6 Å². The summed E-state index contributed by atoms with van der Waals surface area (Å²) >= 11 is 0. The van der Waals surface area contributed by atoms with Crippen molar-refractivity contribution in [2.24, 2.45) is 0 Å². The van der Waals surface area contributed by atoms with Gasteiger partial charge in [0.2, 0.25) is 0 Å². The quantitative estimate of drug-likeness (QED) is 0.389. The predicted molar refractivity (Wildman–Crippen MR) is 130 cm³/mol. The van der Waals surface area contributed by atoms with E-state index in [0.717, 1.165) is 10.3 Å². The zero-order valence-electron chi connectivity index (χ0n) is 20.4. The Morgan fingerprint density at radius 2 is 1.68 bits per heavy atom. The second-order valence-electron chi connectivity index (χ2n) is 9.64. The van der Waals surface area contributed by atoms with E-state index < -0.39 is 23.4 Å². The average Bonchev–Trinajstić information content (AvgIpc) is 3.13. The van der Waals surface area contributed by atoms with Crippen LogP contribution in [-0.4, -0.2) is 51.1 Å². The van der Waals surface area contributed by atoms with Gasteiger partial charge in [0.1, 0.15) is 23.3 Å². The minimum atomic E-state index is -0.905. The first-order chi connectivity index (χ1) is 15.9. The number of imidazole rings is 1. The molecular formula is C25H30N4O5. The van der Waals surface area contributed by atoms with Crippen molar-refractivity contribution in [1.29, 1.82) is 0 Å². The standard InChI is InChI=1S/C25H30N4O5/c1-8-14-32-15-13-28-16-26-19-20(28)17-11-9-10-12-18(17)27-21(19)29(22(30)33-24(2,3)4)23(31)34-25(5,6)7/h1,9-12,16H,13-15H2,2-7H3. The van der Waals surface area contributed by atoms with Crippen LogP contribution in [0.1, 0.15) is 41.5 Å². The molecule has 0 atom stereocenters. The maximum Gasteiger partial charge on any atom is 0.425 e. The van der Waals surface area contributed by atoms with Crippen molar-refractivity contribution in [1.82, 2.24) is 14.5 Å². The SMILES string of the molecule is C#CCOCCn1cnc2c(N(C(=O)OC(C)(C)C)C(=O)OC(C)(C)C)nc3ccccc3c21. The van der Waals surface area contributed by atoms with E-state index in [2.05, 4.69) is 15.9 Å². The number of carbonyl (C=O) groups excluding carboxylic acids is 2. The van der Waals surface area contributed by atoms with E-state index in [0.29, 0.717) is 29.7 Å². The summed E-state index contributed by atoms with van der Waals surface area (Å²) < 4.78 is 18.3. The van der Waals surface area contributed by atoms with Crippen LogP contribution in [0.4, 0.5) is 15.4 Å². The summed E-state index contributed by atoms with van der Waals surface area (Å²) in [5.74, 6) is 2.46. The van der Waals surface area contributed by atoms with Gasteiger partial charge in [0, 0.05) is 11.9 Å². The van der Waals surface area contributed by atoms with Gasteiger partial charge in [-0.2, -0.15) is 4.90 Å². The third-order valence-corrected chi connectivity index (χ3v) is 4.46. The number of pyridine rings is 1. The number of benzene rings is 1. The van der Waals surface area contributed by atoms with E-state index >= 15 is 0 Å². The molecular weight excluding hydrogens is 436 g/mol. The summed E-state index contributed by atoms with van der Waals surface area (Å²) in [4.78, 5) is 36.3. The Balaban J connectivity index is 2.19. The van der Waals surface area contributed by atoms with E-state index in [-0.39, 0.29) is 12.4 Å². The number of anilines is 1. The van der Waals surface area contributed by atoms with Gasteiger partial charge in [-0.25, -0.2) is 19.6 Å². The number of amides is 2. The lowest BCUT2D eigenvalue weighted by atomic mass is 10.1. The monoisotopic (exact) mass is 466 g/mol. The first-order valence-corrected chi connectivity index (χ1v) is 10.9. The van der Waals surface area contributed by atoms with E-state index in [1.807, 2.05) is 22.8 Å². The third kappa shape index (κ3) is 5.83. The molecule has 180 valence electrons. The first kappa shape index (κ1) is 25.0. The highest BCUT2D eigenvalue weighted by atomic mass is 16.6.